The minimum Gasteiger partial charge on any atom is -0.338 e. The molecule has 2 aliphatic rings. The molecule has 0 N–H and O–H groups in total. The van der Waals surface area contributed by atoms with Crippen molar-refractivity contribution in [2.45, 2.75) is 31.5 Å². The highest BCUT2D eigenvalue weighted by Gasteiger charge is 2.44. The third-order valence-corrected chi connectivity index (χ3v) is 6.79. The molecule has 0 saturated carbocycles. The number of hydrogen-bond acceptors (Lipinski definition) is 3. The predicted octanol–water partition coefficient (Wildman–Crippen LogP) is 3.98. The topological polar surface area (TPSA) is 43.9 Å². The first kappa shape index (κ1) is 25.1. The molecule has 4 rings (SSSR count). The van der Waals surface area contributed by atoms with Crippen molar-refractivity contribution < 1.29 is 31.5 Å². The van der Waals surface area contributed by atoms with Crippen molar-refractivity contribution in [3.63, 3.8) is 0 Å². The van der Waals surface area contributed by atoms with Crippen LogP contribution in [0, 0.1) is 18.6 Å². The molecule has 2 saturated heterocycles. The molecule has 0 aliphatic carbocycles. The summed E-state index contributed by atoms with van der Waals surface area (Å²) in [5, 5.41) is 0. The van der Waals surface area contributed by atoms with E-state index in [0.717, 1.165) is 28.2 Å². The van der Waals surface area contributed by atoms with Crippen molar-refractivity contribution in [3.05, 3.63) is 70.8 Å². The Labute approximate surface area is 200 Å². The van der Waals surface area contributed by atoms with Crippen molar-refractivity contribution in [1.29, 1.82) is 0 Å². The standard InChI is InChI=1S/C25H26F5N3O2/c1-16-2-4-17(5-3-16)21-15-33(23(34)18-12-19(26)14-20(27)13-18)7-6-22(21)31-8-10-32(11-9-31)24(35)25(28,29)30/h2-5,12-14,21-22H,6-11,15H2,1H3. The van der Waals surface area contributed by atoms with Crippen LogP contribution in [-0.2, 0) is 4.79 Å². The molecule has 0 radical (unpaired) electrons. The molecule has 2 fully saturated rings. The van der Waals surface area contributed by atoms with E-state index in [1.54, 1.807) is 4.90 Å². The molecule has 2 aromatic carbocycles. The summed E-state index contributed by atoms with van der Waals surface area (Å²) >= 11 is 0. The molecular weight excluding hydrogens is 469 g/mol. The van der Waals surface area contributed by atoms with Crippen LogP contribution in [0.3, 0.4) is 0 Å². The van der Waals surface area contributed by atoms with Crippen molar-refractivity contribution in [3.8, 4) is 0 Å². The normalized spacial score (nSPS) is 21.8. The zero-order chi connectivity index (χ0) is 25.3. The summed E-state index contributed by atoms with van der Waals surface area (Å²) in [6.07, 6.45) is -4.36. The van der Waals surface area contributed by atoms with Crippen LogP contribution < -0.4 is 0 Å². The fraction of sp³-hybridized carbons (Fsp3) is 0.440. The molecule has 2 heterocycles. The van der Waals surface area contributed by atoms with E-state index < -0.39 is 29.6 Å². The van der Waals surface area contributed by atoms with Gasteiger partial charge in [-0.2, -0.15) is 13.2 Å². The zero-order valence-electron chi connectivity index (χ0n) is 19.2. The maximum Gasteiger partial charge on any atom is 0.471 e. The highest BCUT2D eigenvalue weighted by atomic mass is 19.4. The van der Waals surface area contributed by atoms with E-state index in [-0.39, 0.29) is 43.7 Å². The van der Waals surface area contributed by atoms with E-state index in [9.17, 15) is 31.5 Å². The van der Waals surface area contributed by atoms with Gasteiger partial charge < -0.3 is 9.80 Å². The summed E-state index contributed by atoms with van der Waals surface area (Å²) in [7, 11) is 0. The molecule has 2 aliphatic heterocycles. The van der Waals surface area contributed by atoms with E-state index in [0.29, 0.717) is 25.6 Å². The van der Waals surface area contributed by atoms with Gasteiger partial charge in [-0.05, 0) is 31.0 Å². The van der Waals surface area contributed by atoms with Crippen molar-refractivity contribution in [1.82, 2.24) is 14.7 Å². The molecule has 2 unspecified atom stereocenters. The Morgan fingerprint density at radius 3 is 2.03 bits per heavy atom. The van der Waals surface area contributed by atoms with E-state index in [4.69, 9.17) is 0 Å². The second-order valence-electron chi connectivity index (χ2n) is 9.11. The molecule has 0 spiro atoms. The van der Waals surface area contributed by atoms with Crippen LogP contribution in [0.5, 0.6) is 0 Å². The molecule has 5 nitrogen and oxygen atoms in total. The van der Waals surface area contributed by atoms with Gasteiger partial charge >= 0.3 is 12.1 Å². The number of amides is 2. The molecule has 10 heteroatoms. The Morgan fingerprint density at radius 1 is 0.857 bits per heavy atom. The highest BCUT2D eigenvalue weighted by molar-refractivity contribution is 5.94. The minimum absolute atomic E-state index is 0.0271. The maximum absolute atomic E-state index is 13.7. The lowest BCUT2D eigenvalue weighted by Gasteiger charge is -2.47. The van der Waals surface area contributed by atoms with Gasteiger partial charge in [0.2, 0.25) is 0 Å². The SMILES string of the molecule is Cc1ccc(C2CN(C(=O)c3cc(F)cc(F)c3)CCC2N2CCN(C(=O)C(F)(F)F)CC2)cc1. The lowest BCUT2D eigenvalue weighted by Crippen LogP contribution is -2.58. The second kappa shape index (κ2) is 9.93. The average molecular weight is 495 g/mol. The third-order valence-electron chi connectivity index (χ3n) is 6.79. The van der Waals surface area contributed by atoms with E-state index >= 15 is 0 Å². The van der Waals surface area contributed by atoms with Gasteiger partial charge in [0, 0.05) is 62.9 Å². The number of halogens is 5. The number of aryl methyl sites for hydroxylation is 1. The number of carbonyl (C=O) groups excluding carboxylic acids is 2. The van der Waals surface area contributed by atoms with Crippen LogP contribution in [0.2, 0.25) is 0 Å². The first-order valence-corrected chi connectivity index (χ1v) is 11.4. The Balaban J connectivity index is 1.53. The number of hydrogen-bond donors (Lipinski definition) is 0. The monoisotopic (exact) mass is 495 g/mol. The summed E-state index contributed by atoms with van der Waals surface area (Å²) in [6, 6.07) is 10.5. The number of alkyl halides is 3. The largest absolute Gasteiger partial charge is 0.471 e. The van der Waals surface area contributed by atoms with Crippen molar-refractivity contribution >= 4 is 11.8 Å². The second-order valence-corrected chi connectivity index (χ2v) is 9.11. The van der Waals surface area contributed by atoms with Gasteiger partial charge in [0.15, 0.2) is 0 Å². The molecule has 0 aromatic heterocycles. The van der Waals surface area contributed by atoms with Gasteiger partial charge in [-0.15, -0.1) is 0 Å². The fourth-order valence-electron chi connectivity index (χ4n) is 5.00. The Kier molecular flexibility index (Phi) is 7.12. The maximum atomic E-state index is 13.7. The smallest absolute Gasteiger partial charge is 0.338 e. The molecule has 2 atom stereocenters. The van der Waals surface area contributed by atoms with Gasteiger partial charge in [-0.1, -0.05) is 29.8 Å². The number of rotatable bonds is 3. The number of benzene rings is 2. The Hall–Kier alpha value is -3.01. The number of carbonyl (C=O) groups is 2. The van der Waals surface area contributed by atoms with Gasteiger partial charge in [0.25, 0.3) is 5.91 Å². The van der Waals surface area contributed by atoms with Crippen LogP contribution in [0.15, 0.2) is 42.5 Å². The van der Waals surface area contributed by atoms with Crippen molar-refractivity contribution in [2.24, 2.45) is 0 Å². The van der Waals surface area contributed by atoms with Crippen LogP contribution in [0.25, 0.3) is 0 Å². The van der Waals surface area contributed by atoms with Gasteiger partial charge in [0.05, 0.1) is 0 Å². The molecule has 2 aromatic rings. The highest BCUT2D eigenvalue weighted by Crippen LogP contribution is 2.33. The molecule has 188 valence electrons. The molecule has 2 amide bonds. The van der Waals surface area contributed by atoms with Crippen molar-refractivity contribution in [2.75, 3.05) is 39.3 Å². The molecule has 0 bridgehead atoms. The van der Waals surface area contributed by atoms with Gasteiger partial charge in [-0.25, -0.2) is 8.78 Å². The fourth-order valence-corrected chi connectivity index (χ4v) is 5.00. The summed E-state index contributed by atoms with van der Waals surface area (Å²) in [6.45, 7) is 3.11. The minimum atomic E-state index is -4.89. The van der Waals surface area contributed by atoms with E-state index in [1.807, 2.05) is 31.2 Å². The summed E-state index contributed by atoms with van der Waals surface area (Å²) < 4.78 is 65.8. The summed E-state index contributed by atoms with van der Waals surface area (Å²) in [5.74, 6) is -4.11. The summed E-state index contributed by atoms with van der Waals surface area (Å²) in [5.41, 5.74) is 1.96. The molecule has 35 heavy (non-hydrogen) atoms. The number of nitrogens with zero attached hydrogens (tertiary/aromatic N) is 3. The lowest BCUT2D eigenvalue weighted by atomic mass is 9.84. The van der Waals surface area contributed by atoms with E-state index in [2.05, 4.69) is 4.90 Å². The van der Waals surface area contributed by atoms with Crippen LogP contribution in [0.1, 0.15) is 33.8 Å². The lowest BCUT2D eigenvalue weighted by molar-refractivity contribution is -0.187. The number of piperazine rings is 1. The first-order valence-electron chi connectivity index (χ1n) is 11.4. The Morgan fingerprint density at radius 2 is 1.46 bits per heavy atom. The summed E-state index contributed by atoms with van der Waals surface area (Å²) in [4.78, 5) is 29.1. The quantitative estimate of drug-likeness (QED) is 0.606. The number of likely N-dealkylation sites (tertiary alicyclic amines) is 1. The van der Waals surface area contributed by atoms with Crippen LogP contribution in [-0.4, -0.2) is 78.0 Å². The van der Waals surface area contributed by atoms with Crippen LogP contribution >= 0.6 is 0 Å². The first-order chi connectivity index (χ1) is 16.5. The molecular formula is C25H26F5N3O2. The number of piperidine rings is 1. The Bertz CT molecular complexity index is 1060. The predicted molar refractivity (Wildman–Crippen MR) is 119 cm³/mol. The third kappa shape index (κ3) is 5.63. The average Bonchev–Trinajstić information content (AvgIpc) is 2.82. The zero-order valence-corrected chi connectivity index (χ0v) is 19.2. The van der Waals surface area contributed by atoms with Gasteiger partial charge in [0.1, 0.15) is 11.6 Å². The van der Waals surface area contributed by atoms with E-state index in [1.165, 1.54) is 0 Å². The van der Waals surface area contributed by atoms with Gasteiger partial charge in [-0.3, -0.25) is 14.5 Å². The van der Waals surface area contributed by atoms with Crippen LogP contribution in [0.4, 0.5) is 22.0 Å².